The number of nitrogens with one attached hydrogen (secondary N) is 2. The van der Waals surface area contributed by atoms with Crippen molar-refractivity contribution in [3.8, 4) is 11.5 Å². The normalized spacial score (nSPS) is 18.3. The van der Waals surface area contributed by atoms with Crippen LogP contribution >= 0.6 is 11.6 Å². The van der Waals surface area contributed by atoms with Gasteiger partial charge >= 0.3 is 6.09 Å². The van der Waals surface area contributed by atoms with Crippen molar-refractivity contribution in [1.29, 1.82) is 0 Å². The number of benzene rings is 2. The molecule has 1 heterocycles. The van der Waals surface area contributed by atoms with E-state index in [2.05, 4.69) is 10.6 Å². The minimum absolute atomic E-state index is 0.0227. The van der Waals surface area contributed by atoms with Gasteiger partial charge in [-0.25, -0.2) is 4.79 Å². The highest BCUT2D eigenvalue weighted by Gasteiger charge is 2.35. The first-order chi connectivity index (χ1) is 13.5. The van der Waals surface area contributed by atoms with Crippen molar-refractivity contribution in [3.05, 3.63) is 58.6 Å². The van der Waals surface area contributed by atoms with Crippen molar-refractivity contribution < 1.29 is 23.8 Å². The highest BCUT2D eigenvalue weighted by Crippen LogP contribution is 2.27. The van der Waals surface area contributed by atoms with Crippen molar-refractivity contribution >= 4 is 23.6 Å². The fraction of sp³-hybridized carbons (Fsp3) is 0.300. The molecule has 2 aromatic carbocycles. The van der Waals surface area contributed by atoms with Gasteiger partial charge in [-0.15, -0.1) is 0 Å². The van der Waals surface area contributed by atoms with E-state index < -0.39 is 12.1 Å². The van der Waals surface area contributed by atoms with Crippen LogP contribution in [0.4, 0.5) is 4.79 Å². The van der Waals surface area contributed by atoms with E-state index in [1.54, 1.807) is 43.5 Å². The summed E-state index contributed by atoms with van der Waals surface area (Å²) in [5.74, 6) is 1.05. The van der Waals surface area contributed by atoms with Gasteiger partial charge in [-0.2, -0.15) is 0 Å². The van der Waals surface area contributed by atoms with E-state index in [1.807, 2.05) is 6.07 Å². The molecule has 2 amide bonds. The quantitative estimate of drug-likeness (QED) is 0.772. The molecule has 3 rings (SSSR count). The number of ether oxygens (including phenoxy) is 3. The van der Waals surface area contributed by atoms with E-state index >= 15 is 0 Å². The summed E-state index contributed by atoms with van der Waals surface area (Å²) in [6.07, 6.45) is -0.454. The molecule has 2 atom stereocenters. The fourth-order valence-corrected chi connectivity index (χ4v) is 3.31. The number of hydrogen-bond donors (Lipinski definition) is 2. The monoisotopic (exact) mass is 404 g/mol. The molecule has 2 N–H and O–H groups in total. The van der Waals surface area contributed by atoms with Gasteiger partial charge in [0.2, 0.25) is 5.91 Å². The molecule has 0 bridgehead atoms. The molecule has 28 heavy (non-hydrogen) atoms. The standard InChI is InChI=1S/C20H21ClN2O5/c1-26-15-7-6-13(17(9-15)27-2)11-28-20(25)22-16-10-18(24)23-19(16)12-4-3-5-14(21)8-12/h3-9,16,19H,10-11H2,1-2H3,(H,22,25)(H,23,24)/t16-,19?/m0/s1. The third-order valence-corrected chi connectivity index (χ3v) is 4.72. The van der Waals surface area contributed by atoms with Gasteiger partial charge in [0.25, 0.3) is 0 Å². The molecule has 2 aromatic rings. The number of hydrogen-bond acceptors (Lipinski definition) is 5. The Morgan fingerprint density at radius 2 is 2.04 bits per heavy atom. The van der Waals surface area contributed by atoms with Gasteiger partial charge in [0.05, 0.1) is 26.3 Å². The van der Waals surface area contributed by atoms with Crippen molar-refractivity contribution in [1.82, 2.24) is 10.6 Å². The highest BCUT2D eigenvalue weighted by molar-refractivity contribution is 6.30. The zero-order chi connectivity index (χ0) is 20.1. The summed E-state index contributed by atoms with van der Waals surface area (Å²) < 4.78 is 15.8. The Kier molecular flexibility index (Phi) is 6.26. The van der Waals surface area contributed by atoms with Gasteiger partial charge in [-0.3, -0.25) is 4.79 Å². The number of carbonyl (C=O) groups excluding carboxylic acids is 2. The van der Waals surface area contributed by atoms with Crippen LogP contribution in [0.2, 0.25) is 5.02 Å². The Labute approximate surface area is 167 Å². The Morgan fingerprint density at radius 1 is 1.21 bits per heavy atom. The van der Waals surface area contributed by atoms with Crippen molar-refractivity contribution in [3.63, 3.8) is 0 Å². The van der Waals surface area contributed by atoms with Crippen LogP contribution in [0.25, 0.3) is 0 Å². The van der Waals surface area contributed by atoms with E-state index in [0.29, 0.717) is 22.1 Å². The third-order valence-electron chi connectivity index (χ3n) is 4.49. The van der Waals surface area contributed by atoms with Gasteiger partial charge < -0.3 is 24.8 Å². The third kappa shape index (κ3) is 4.67. The smallest absolute Gasteiger partial charge is 0.407 e. The highest BCUT2D eigenvalue weighted by atomic mass is 35.5. The Balaban J connectivity index is 1.63. The SMILES string of the molecule is COc1ccc(COC(=O)N[C@H]2CC(=O)NC2c2cccc(Cl)c2)c(OC)c1. The minimum atomic E-state index is -0.619. The second-order valence-corrected chi connectivity index (χ2v) is 6.75. The summed E-state index contributed by atoms with van der Waals surface area (Å²) in [6, 6.07) is 11.6. The molecule has 8 heteroatoms. The zero-order valence-corrected chi connectivity index (χ0v) is 16.3. The van der Waals surface area contributed by atoms with Crippen LogP contribution in [0.1, 0.15) is 23.6 Å². The van der Waals surface area contributed by atoms with E-state index in [9.17, 15) is 9.59 Å². The summed E-state index contributed by atoms with van der Waals surface area (Å²) >= 11 is 6.04. The van der Waals surface area contributed by atoms with E-state index in [0.717, 1.165) is 5.56 Å². The Hall–Kier alpha value is -2.93. The molecule has 0 aliphatic carbocycles. The molecule has 0 spiro atoms. The average molecular weight is 405 g/mol. The second-order valence-electron chi connectivity index (χ2n) is 6.31. The number of methoxy groups -OCH3 is 2. The lowest BCUT2D eigenvalue weighted by Gasteiger charge is -2.20. The van der Waals surface area contributed by atoms with Gasteiger partial charge in [-0.05, 0) is 29.8 Å². The lowest BCUT2D eigenvalue weighted by molar-refractivity contribution is -0.119. The molecule has 148 valence electrons. The molecule has 0 aromatic heterocycles. The predicted octanol–water partition coefficient (Wildman–Crippen LogP) is 3.21. The summed E-state index contributed by atoms with van der Waals surface area (Å²) in [5, 5.41) is 6.17. The lowest BCUT2D eigenvalue weighted by Crippen LogP contribution is -2.38. The van der Waals surface area contributed by atoms with Crippen molar-refractivity contribution in [2.75, 3.05) is 14.2 Å². The van der Waals surface area contributed by atoms with Gasteiger partial charge in [0, 0.05) is 23.1 Å². The lowest BCUT2D eigenvalue weighted by atomic mass is 10.0. The van der Waals surface area contributed by atoms with Crippen molar-refractivity contribution in [2.45, 2.75) is 25.1 Å². The molecule has 0 saturated carbocycles. The molecule has 1 saturated heterocycles. The van der Waals surface area contributed by atoms with Crippen LogP contribution < -0.4 is 20.1 Å². The first-order valence-corrected chi connectivity index (χ1v) is 9.07. The predicted molar refractivity (Wildman–Crippen MR) is 104 cm³/mol. The van der Waals surface area contributed by atoms with E-state index in [1.165, 1.54) is 7.11 Å². The fourth-order valence-electron chi connectivity index (χ4n) is 3.11. The largest absolute Gasteiger partial charge is 0.497 e. The molecular formula is C20H21ClN2O5. The molecule has 7 nitrogen and oxygen atoms in total. The van der Waals surface area contributed by atoms with E-state index in [4.69, 9.17) is 25.8 Å². The van der Waals surface area contributed by atoms with Crippen LogP contribution in [0.15, 0.2) is 42.5 Å². The van der Waals surface area contributed by atoms with Crippen LogP contribution in [-0.2, 0) is 16.1 Å². The molecule has 0 radical (unpaired) electrons. The van der Waals surface area contributed by atoms with E-state index in [-0.39, 0.29) is 25.0 Å². The molecule has 1 aliphatic rings. The number of rotatable bonds is 6. The topological polar surface area (TPSA) is 85.9 Å². The molecular weight excluding hydrogens is 384 g/mol. The minimum Gasteiger partial charge on any atom is -0.497 e. The Bertz CT molecular complexity index is 873. The summed E-state index contributed by atoms with van der Waals surface area (Å²) in [7, 11) is 3.09. The number of carbonyl (C=O) groups is 2. The molecule has 1 unspecified atom stereocenters. The van der Waals surface area contributed by atoms with Gasteiger partial charge in [-0.1, -0.05) is 23.7 Å². The maximum Gasteiger partial charge on any atom is 0.407 e. The number of amides is 2. The van der Waals surface area contributed by atoms with Crippen molar-refractivity contribution in [2.24, 2.45) is 0 Å². The number of alkyl carbamates (subject to hydrolysis) is 1. The van der Waals surface area contributed by atoms with Gasteiger partial charge in [0.1, 0.15) is 18.1 Å². The Morgan fingerprint density at radius 3 is 2.75 bits per heavy atom. The van der Waals surface area contributed by atoms with Crippen LogP contribution in [0.5, 0.6) is 11.5 Å². The maximum atomic E-state index is 12.3. The summed E-state index contributed by atoms with van der Waals surface area (Å²) in [4.78, 5) is 24.1. The zero-order valence-electron chi connectivity index (χ0n) is 15.5. The number of halogens is 1. The molecule has 1 aliphatic heterocycles. The first kappa shape index (κ1) is 19.8. The van der Waals surface area contributed by atoms with Crippen LogP contribution in [0, 0.1) is 0 Å². The second kappa shape index (κ2) is 8.84. The summed E-state index contributed by atoms with van der Waals surface area (Å²) in [6.45, 7) is 0.0227. The van der Waals surface area contributed by atoms with Gasteiger partial charge in [0.15, 0.2) is 0 Å². The summed E-state index contributed by atoms with van der Waals surface area (Å²) in [5.41, 5.74) is 1.52. The first-order valence-electron chi connectivity index (χ1n) is 8.69. The molecule has 1 fully saturated rings. The van der Waals surface area contributed by atoms with Crippen LogP contribution in [0.3, 0.4) is 0 Å². The maximum absolute atomic E-state index is 12.3. The average Bonchev–Trinajstić information content (AvgIpc) is 3.06. The van der Waals surface area contributed by atoms with Crippen LogP contribution in [-0.4, -0.2) is 32.3 Å².